The Bertz CT molecular complexity index is 722. The lowest BCUT2D eigenvalue weighted by molar-refractivity contribution is -0.103. The van der Waals surface area contributed by atoms with Gasteiger partial charge in [-0.3, -0.25) is 4.79 Å². The minimum atomic E-state index is 0.403. The molecule has 5 heteroatoms. The highest BCUT2D eigenvalue weighted by molar-refractivity contribution is 5.79. The van der Waals surface area contributed by atoms with Crippen molar-refractivity contribution in [2.75, 3.05) is 20.0 Å². The Labute approximate surface area is 148 Å². The molecule has 0 saturated carbocycles. The number of aldehydes is 1. The highest BCUT2D eigenvalue weighted by Gasteiger charge is 1.89. The number of benzene rings is 2. The Morgan fingerprint density at radius 2 is 1.36 bits per heavy atom. The zero-order valence-electron chi connectivity index (χ0n) is 14.2. The number of hydrogen-bond acceptors (Lipinski definition) is 5. The van der Waals surface area contributed by atoms with Crippen LogP contribution in [0.4, 0.5) is 11.4 Å². The van der Waals surface area contributed by atoms with Gasteiger partial charge in [-0.1, -0.05) is 5.92 Å². The first-order valence-electron chi connectivity index (χ1n) is 7.03. The average Bonchev–Trinajstić information content (AvgIpc) is 2.68. The molecule has 2 aromatic rings. The van der Waals surface area contributed by atoms with Crippen LogP contribution in [0.2, 0.25) is 0 Å². The first-order valence-corrected chi connectivity index (χ1v) is 7.03. The summed E-state index contributed by atoms with van der Waals surface area (Å²) in [5, 5.41) is 0. The van der Waals surface area contributed by atoms with E-state index in [0.717, 1.165) is 22.9 Å². The highest BCUT2D eigenvalue weighted by Crippen LogP contribution is 2.16. The number of aliphatic imine (C=N–C) groups is 1. The zero-order valence-corrected chi connectivity index (χ0v) is 14.2. The van der Waals surface area contributed by atoms with E-state index in [1.165, 1.54) is 6.21 Å². The van der Waals surface area contributed by atoms with Crippen LogP contribution in [-0.2, 0) is 4.79 Å². The van der Waals surface area contributed by atoms with Crippen molar-refractivity contribution in [2.24, 2.45) is 4.99 Å². The van der Waals surface area contributed by atoms with E-state index in [4.69, 9.17) is 26.4 Å². The quantitative estimate of drug-likeness (QED) is 0.404. The zero-order chi connectivity index (χ0) is 18.9. The van der Waals surface area contributed by atoms with Crippen LogP contribution in [0.5, 0.6) is 11.5 Å². The molecule has 0 fully saturated rings. The number of ether oxygens (including phenoxy) is 2. The third-order valence-corrected chi connectivity index (χ3v) is 2.54. The summed E-state index contributed by atoms with van der Waals surface area (Å²) in [5.74, 6) is 5.72. The molecule has 0 spiro atoms. The number of terminal acetylenes is 2. The van der Waals surface area contributed by atoms with E-state index in [1.54, 1.807) is 32.3 Å². The van der Waals surface area contributed by atoms with Crippen molar-refractivity contribution in [3.63, 3.8) is 0 Å². The van der Waals surface area contributed by atoms with Gasteiger partial charge in [0.2, 0.25) is 0 Å². The molecular formula is C20H20N2O3. The van der Waals surface area contributed by atoms with Crippen LogP contribution in [-0.4, -0.2) is 26.7 Å². The molecule has 0 bridgehead atoms. The second kappa shape index (κ2) is 13.9. The normalized spacial score (nSPS) is 8.48. The lowest BCUT2D eigenvalue weighted by Gasteiger charge is -1.97. The number of rotatable bonds is 3. The lowest BCUT2D eigenvalue weighted by atomic mass is 10.3. The van der Waals surface area contributed by atoms with Crippen LogP contribution < -0.4 is 15.2 Å². The summed E-state index contributed by atoms with van der Waals surface area (Å²) >= 11 is 0. The fourth-order valence-electron chi connectivity index (χ4n) is 1.38. The van der Waals surface area contributed by atoms with Gasteiger partial charge < -0.3 is 15.2 Å². The van der Waals surface area contributed by atoms with E-state index in [0.29, 0.717) is 6.29 Å². The molecule has 0 saturated heterocycles. The molecule has 0 atom stereocenters. The predicted molar refractivity (Wildman–Crippen MR) is 102 cm³/mol. The maximum absolute atomic E-state index is 8.94. The standard InChI is InChI=1S/C10H9NO.C7H9NO.C3H2O/c1-3-8-11-9-4-6-10(12-2)7-5-9;1-9-7-4-2-6(8)3-5-7;1-2-3-4/h1,4-8H,2H3;2-5H,8H2,1H3;1,3H. The number of nitrogens with zero attached hydrogens (tertiary/aromatic N) is 1. The molecule has 25 heavy (non-hydrogen) atoms. The number of nitrogens with two attached hydrogens (primary N) is 1. The second-order valence-electron chi connectivity index (χ2n) is 4.18. The van der Waals surface area contributed by atoms with Crippen LogP contribution in [0.3, 0.4) is 0 Å². The fourth-order valence-corrected chi connectivity index (χ4v) is 1.38. The Morgan fingerprint density at radius 1 is 0.920 bits per heavy atom. The monoisotopic (exact) mass is 336 g/mol. The van der Waals surface area contributed by atoms with Gasteiger partial charge in [-0.15, -0.1) is 12.8 Å². The topological polar surface area (TPSA) is 73.9 Å². The van der Waals surface area contributed by atoms with Crippen molar-refractivity contribution in [2.45, 2.75) is 0 Å². The summed E-state index contributed by atoms with van der Waals surface area (Å²) in [7, 11) is 3.26. The van der Waals surface area contributed by atoms with E-state index in [1.807, 2.05) is 36.4 Å². The van der Waals surface area contributed by atoms with Gasteiger partial charge in [-0.05, 0) is 54.5 Å². The maximum atomic E-state index is 8.94. The number of hydrogen-bond donors (Lipinski definition) is 1. The number of carbonyl (C=O) groups excluding carboxylic acids is 1. The first kappa shape index (κ1) is 21.3. The Kier molecular flexibility index (Phi) is 11.9. The van der Waals surface area contributed by atoms with Crippen LogP contribution >= 0.6 is 0 Å². The summed E-state index contributed by atoms with van der Waals surface area (Å²) in [5.41, 5.74) is 7.01. The predicted octanol–water partition coefficient (Wildman–Crippen LogP) is 3.13. The van der Waals surface area contributed by atoms with Gasteiger partial charge in [0.15, 0.2) is 6.29 Å². The molecule has 2 rings (SSSR count). The van der Waals surface area contributed by atoms with Gasteiger partial charge in [0.25, 0.3) is 0 Å². The molecule has 128 valence electrons. The van der Waals surface area contributed by atoms with Crippen molar-refractivity contribution in [1.29, 1.82) is 0 Å². The van der Waals surface area contributed by atoms with E-state index < -0.39 is 0 Å². The number of anilines is 1. The van der Waals surface area contributed by atoms with E-state index >= 15 is 0 Å². The summed E-state index contributed by atoms with van der Waals surface area (Å²) in [6.07, 6.45) is 11.2. The third kappa shape index (κ3) is 10.6. The van der Waals surface area contributed by atoms with Crippen LogP contribution in [0.15, 0.2) is 53.5 Å². The van der Waals surface area contributed by atoms with Gasteiger partial charge >= 0.3 is 0 Å². The Hall–Kier alpha value is -3.70. The van der Waals surface area contributed by atoms with Gasteiger partial charge in [-0.2, -0.15) is 0 Å². The Morgan fingerprint density at radius 3 is 1.72 bits per heavy atom. The summed E-state index contributed by atoms with van der Waals surface area (Å²) in [4.78, 5) is 12.9. The molecular weight excluding hydrogens is 316 g/mol. The minimum absolute atomic E-state index is 0.403. The van der Waals surface area contributed by atoms with Crippen molar-refractivity contribution in [3.8, 4) is 36.2 Å². The minimum Gasteiger partial charge on any atom is -0.497 e. The van der Waals surface area contributed by atoms with Gasteiger partial charge in [-0.25, -0.2) is 4.99 Å². The van der Waals surface area contributed by atoms with Crippen molar-refractivity contribution < 1.29 is 14.3 Å². The SMILES string of the molecule is C#CC=Nc1ccc(OC)cc1.C#CC=O.COc1ccc(N)cc1. The molecule has 0 heterocycles. The van der Waals surface area contributed by atoms with E-state index in [9.17, 15) is 0 Å². The molecule has 0 aromatic heterocycles. The average molecular weight is 336 g/mol. The second-order valence-corrected chi connectivity index (χ2v) is 4.18. The van der Waals surface area contributed by atoms with Gasteiger partial charge in [0.05, 0.1) is 26.1 Å². The number of carbonyl (C=O) groups is 1. The van der Waals surface area contributed by atoms with Crippen LogP contribution in [0, 0.1) is 24.7 Å². The number of methoxy groups -OCH3 is 2. The van der Waals surface area contributed by atoms with Crippen LogP contribution in [0.1, 0.15) is 0 Å². The van der Waals surface area contributed by atoms with E-state index in [2.05, 4.69) is 17.3 Å². The van der Waals surface area contributed by atoms with E-state index in [-0.39, 0.29) is 0 Å². The molecule has 0 amide bonds. The summed E-state index contributed by atoms with van der Waals surface area (Å²) in [6.45, 7) is 0. The van der Waals surface area contributed by atoms with Crippen molar-refractivity contribution in [1.82, 2.24) is 0 Å². The van der Waals surface area contributed by atoms with Crippen molar-refractivity contribution >= 4 is 23.9 Å². The molecule has 0 unspecified atom stereocenters. The molecule has 2 aromatic carbocycles. The molecule has 2 N–H and O–H groups in total. The molecule has 0 radical (unpaired) electrons. The first-order chi connectivity index (χ1) is 12.1. The lowest BCUT2D eigenvalue weighted by Crippen LogP contribution is -1.84. The molecule has 5 nitrogen and oxygen atoms in total. The molecule has 0 aliphatic carbocycles. The van der Waals surface area contributed by atoms with Gasteiger partial charge in [0.1, 0.15) is 11.5 Å². The Balaban J connectivity index is 0.000000391. The summed E-state index contributed by atoms with van der Waals surface area (Å²) in [6, 6.07) is 14.6. The summed E-state index contributed by atoms with van der Waals surface area (Å²) < 4.78 is 9.90. The largest absolute Gasteiger partial charge is 0.497 e. The third-order valence-electron chi connectivity index (χ3n) is 2.54. The fraction of sp³-hybridized carbons (Fsp3) is 0.100. The van der Waals surface area contributed by atoms with Gasteiger partial charge in [0, 0.05) is 5.69 Å². The smallest absolute Gasteiger partial charge is 0.192 e. The molecule has 0 aliphatic heterocycles. The maximum Gasteiger partial charge on any atom is 0.192 e. The van der Waals surface area contributed by atoms with Crippen LogP contribution in [0.25, 0.3) is 0 Å². The number of nitrogen functional groups attached to an aromatic ring is 1. The molecule has 0 aliphatic rings. The van der Waals surface area contributed by atoms with Crippen molar-refractivity contribution in [3.05, 3.63) is 48.5 Å². The highest BCUT2D eigenvalue weighted by atomic mass is 16.5.